The van der Waals surface area contributed by atoms with Crippen molar-refractivity contribution in [2.45, 2.75) is 25.4 Å². The molecule has 1 aliphatic carbocycles. The Morgan fingerprint density at radius 2 is 2.29 bits per heavy atom. The number of hydrogen-bond acceptors (Lipinski definition) is 3. The number of benzene rings is 1. The fourth-order valence-electron chi connectivity index (χ4n) is 1.73. The largest absolute Gasteiger partial charge is 0.389 e. The Balaban J connectivity index is 2.12. The van der Waals surface area contributed by atoms with Gasteiger partial charge in [-0.1, -0.05) is 6.07 Å². The predicted octanol–water partition coefficient (Wildman–Crippen LogP) is 2.67. The molecule has 1 saturated carbocycles. The van der Waals surface area contributed by atoms with E-state index in [0.29, 0.717) is 0 Å². The molecule has 0 radical (unpaired) electrons. The van der Waals surface area contributed by atoms with E-state index in [1.807, 2.05) is 0 Å². The van der Waals surface area contributed by atoms with E-state index in [0.717, 1.165) is 16.4 Å². The lowest BCUT2D eigenvalue weighted by Crippen LogP contribution is -1.78. The van der Waals surface area contributed by atoms with Crippen LogP contribution in [0.1, 0.15) is 29.3 Å². The molecule has 2 aromatic rings. The summed E-state index contributed by atoms with van der Waals surface area (Å²) in [6.45, 7) is 0.0537. The standard InChI is InChI=1S/C11H11NOS/c13-6-11-12-9-4-3-8(7-1-2-7)5-10(9)14-11/h3-5,7,13H,1-2,6H2. The van der Waals surface area contributed by atoms with Crippen molar-refractivity contribution in [3.05, 3.63) is 28.8 Å². The molecule has 3 heteroatoms. The molecule has 1 fully saturated rings. The number of aromatic nitrogens is 1. The van der Waals surface area contributed by atoms with Crippen molar-refractivity contribution in [2.24, 2.45) is 0 Å². The zero-order chi connectivity index (χ0) is 9.54. The number of hydrogen-bond donors (Lipinski definition) is 1. The van der Waals surface area contributed by atoms with Crippen molar-refractivity contribution in [1.29, 1.82) is 0 Å². The van der Waals surface area contributed by atoms with Crippen LogP contribution in [0.5, 0.6) is 0 Å². The van der Waals surface area contributed by atoms with Crippen molar-refractivity contribution in [2.75, 3.05) is 0 Å². The molecule has 0 amide bonds. The van der Waals surface area contributed by atoms with E-state index < -0.39 is 0 Å². The lowest BCUT2D eigenvalue weighted by Gasteiger charge is -1.95. The van der Waals surface area contributed by atoms with E-state index in [9.17, 15) is 0 Å². The second kappa shape index (κ2) is 3.04. The van der Waals surface area contributed by atoms with E-state index in [-0.39, 0.29) is 6.61 Å². The van der Waals surface area contributed by atoms with Crippen LogP contribution >= 0.6 is 11.3 Å². The smallest absolute Gasteiger partial charge is 0.119 e. The van der Waals surface area contributed by atoms with Crippen LogP contribution in [0, 0.1) is 0 Å². The van der Waals surface area contributed by atoms with E-state index in [1.54, 1.807) is 11.3 Å². The second-order valence-electron chi connectivity index (χ2n) is 3.77. The molecular weight excluding hydrogens is 194 g/mol. The molecule has 14 heavy (non-hydrogen) atoms. The van der Waals surface area contributed by atoms with Crippen LogP contribution in [-0.4, -0.2) is 10.1 Å². The lowest BCUT2D eigenvalue weighted by atomic mass is 10.1. The topological polar surface area (TPSA) is 33.1 Å². The third-order valence-corrected chi connectivity index (χ3v) is 3.64. The molecule has 0 aliphatic heterocycles. The van der Waals surface area contributed by atoms with Gasteiger partial charge in [-0.3, -0.25) is 0 Å². The van der Waals surface area contributed by atoms with Crippen molar-refractivity contribution in [3.8, 4) is 0 Å². The predicted molar refractivity (Wildman–Crippen MR) is 57.5 cm³/mol. The Kier molecular flexibility index (Phi) is 1.82. The van der Waals surface area contributed by atoms with Gasteiger partial charge in [0.1, 0.15) is 5.01 Å². The summed E-state index contributed by atoms with van der Waals surface area (Å²) in [5.74, 6) is 0.791. The minimum absolute atomic E-state index is 0.0537. The van der Waals surface area contributed by atoms with Gasteiger partial charge in [-0.05, 0) is 36.5 Å². The number of fused-ring (bicyclic) bond motifs is 1. The highest BCUT2D eigenvalue weighted by Gasteiger charge is 2.23. The van der Waals surface area contributed by atoms with E-state index in [1.165, 1.54) is 23.1 Å². The Morgan fingerprint density at radius 1 is 1.43 bits per heavy atom. The molecule has 3 rings (SSSR count). The summed E-state index contributed by atoms with van der Waals surface area (Å²) in [4.78, 5) is 4.32. The van der Waals surface area contributed by atoms with E-state index in [2.05, 4.69) is 23.2 Å². The summed E-state index contributed by atoms with van der Waals surface area (Å²) >= 11 is 1.60. The van der Waals surface area contributed by atoms with Gasteiger partial charge in [-0.2, -0.15) is 0 Å². The summed E-state index contributed by atoms with van der Waals surface area (Å²) in [5, 5.41) is 9.79. The molecule has 0 saturated heterocycles. The molecule has 1 aromatic heterocycles. The third-order valence-electron chi connectivity index (χ3n) is 2.64. The fourth-order valence-corrected chi connectivity index (χ4v) is 2.60. The number of rotatable bonds is 2. The molecule has 0 atom stereocenters. The number of aliphatic hydroxyl groups is 1. The van der Waals surface area contributed by atoms with E-state index >= 15 is 0 Å². The minimum atomic E-state index is 0.0537. The SMILES string of the molecule is OCc1nc2ccc(C3CC3)cc2s1. The molecule has 0 unspecified atom stereocenters. The number of nitrogens with zero attached hydrogens (tertiary/aromatic N) is 1. The molecule has 1 aliphatic rings. The summed E-state index contributed by atoms with van der Waals surface area (Å²) in [7, 11) is 0. The molecule has 2 nitrogen and oxygen atoms in total. The fraction of sp³-hybridized carbons (Fsp3) is 0.364. The first-order valence-corrected chi connectivity index (χ1v) is 5.68. The quantitative estimate of drug-likeness (QED) is 0.817. The van der Waals surface area contributed by atoms with Gasteiger partial charge in [0.05, 0.1) is 16.8 Å². The monoisotopic (exact) mass is 205 g/mol. The van der Waals surface area contributed by atoms with Gasteiger partial charge in [0.2, 0.25) is 0 Å². The Hall–Kier alpha value is -0.930. The minimum Gasteiger partial charge on any atom is -0.389 e. The van der Waals surface area contributed by atoms with Gasteiger partial charge in [0.25, 0.3) is 0 Å². The first kappa shape index (κ1) is 8.38. The molecule has 1 N–H and O–H groups in total. The average molecular weight is 205 g/mol. The van der Waals surface area contributed by atoms with Crippen LogP contribution < -0.4 is 0 Å². The van der Waals surface area contributed by atoms with Crippen LogP contribution in [0.3, 0.4) is 0 Å². The van der Waals surface area contributed by atoms with Crippen LogP contribution in [0.25, 0.3) is 10.2 Å². The highest BCUT2D eigenvalue weighted by Crippen LogP contribution is 2.41. The summed E-state index contributed by atoms with van der Waals surface area (Å²) in [6.07, 6.45) is 2.66. The normalized spacial score (nSPS) is 16.4. The van der Waals surface area contributed by atoms with Crippen LogP contribution in [0.4, 0.5) is 0 Å². The first-order chi connectivity index (χ1) is 6.86. The molecule has 72 valence electrons. The third kappa shape index (κ3) is 1.33. The lowest BCUT2D eigenvalue weighted by molar-refractivity contribution is 0.281. The maximum Gasteiger partial charge on any atom is 0.119 e. The van der Waals surface area contributed by atoms with Gasteiger partial charge in [-0.25, -0.2) is 4.98 Å². The van der Waals surface area contributed by atoms with Crippen LogP contribution in [0.15, 0.2) is 18.2 Å². The maximum absolute atomic E-state index is 8.98. The second-order valence-corrected chi connectivity index (χ2v) is 4.88. The Morgan fingerprint density at radius 3 is 3.00 bits per heavy atom. The van der Waals surface area contributed by atoms with Gasteiger partial charge in [0, 0.05) is 0 Å². The Labute approximate surface area is 86.2 Å². The highest BCUT2D eigenvalue weighted by molar-refractivity contribution is 7.18. The van der Waals surface area contributed by atoms with Gasteiger partial charge in [0.15, 0.2) is 0 Å². The van der Waals surface area contributed by atoms with Gasteiger partial charge < -0.3 is 5.11 Å². The van der Waals surface area contributed by atoms with Crippen molar-refractivity contribution in [1.82, 2.24) is 4.98 Å². The average Bonchev–Trinajstić information content (AvgIpc) is 2.97. The summed E-state index contributed by atoms with van der Waals surface area (Å²) in [6, 6.07) is 6.46. The van der Waals surface area contributed by atoms with Crippen molar-refractivity contribution >= 4 is 21.6 Å². The summed E-state index contributed by atoms with van der Waals surface area (Å²) in [5.41, 5.74) is 2.45. The van der Waals surface area contributed by atoms with Crippen LogP contribution in [-0.2, 0) is 6.61 Å². The summed E-state index contributed by atoms with van der Waals surface area (Å²) < 4.78 is 1.21. The molecule has 0 spiro atoms. The first-order valence-electron chi connectivity index (χ1n) is 4.87. The van der Waals surface area contributed by atoms with Crippen LogP contribution in [0.2, 0.25) is 0 Å². The van der Waals surface area contributed by atoms with Gasteiger partial charge in [-0.15, -0.1) is 11.3 Å². The number of aliphatic hydroxyl groups excluding tert-OH is 1. The zero-order valence-corrected chi connectivity index (χ0v) is 8.55. The van der Waals surface area contributed by atoms with E-state index in [4.69, 9.17) is 5.11 Å². The van der Waals surface area contributed by atoms with Crippen molar-refractivity contribution < 1.29 is 5.11 Å². The highest BCUT2D eigenvalue weighted by atomic mass is 32.1. The molecule has 1 aromatic carbocycles. The van der Waals surface area contributed by atoms with Crippen molar-refractivity contribution in [3.63, 3.8) is 0 Å². The molecular formula is C11H11NOS. The van der Waals surface area contributed by atoms with Gasteiger partial charge >= 0.3 is 0 Å². The molecule has 1 heterocycles. The Bertz CT molecular complexity index is 473. The zero-order valence-electron chi connectivity index (χ0n) is 7.73. The number of thiazole rings is 1. The molecule has 0 bridgehead atoms. The maximum atomic E-state index is 8.98.